The van der Waals surface area contributed by atoms with Crippen molar-refractivity contribution < 1.29 is 14.6 Å². The standard InChI is InChI=1S/C12H14O3S/c1-15-12(14)10(13)9-6-2-4-8-5-3-7-16-11(8)9/h2,4,6,10,13H,3,5,7H2,1H3. The molecule has 1 N–H and O–H groups in total. The van der Waals surface area contributed by atoms with Crippen molar-refractivity contribution in [1.29, 1.82) is 0 Å². The average molecular weight is 238 g/mol. The Balaban J connectivity index is 2.37. The van der Waals surface area contributed by atoms with E-state index >= 15 is 0 Å². The van der Waals surface area contributed by atoms with Gasteiger partial charge in [-0.05, 0) is 24.2 Å². The van der Waals surface area contributed by atoms with Crippen LogP contribution in [0.15, 0.2) is 23.1 Å². The summed E-state index contributed by atoms with van der Waals surface area (Å²) in [4.78, 5) is 12.4. The van der Waals surface area contributed by atoms with Gasteiger partial charge in [0, 0.05) is 10.5 Å². The van der Waals surface area contributed by atoms with Crippen molar-refractivity contribution in [1.82, 2.24) is 0 Å². The lowest BCUT2D eigenvalue weighted by Crippen LogP contribution is -2.15. The molecule has 0 aromatic heterocycles. The Morgan fingerprint density at radius 1 is 1.56 bits per heavy atom. The summed E-state index contributed by atoms with van der Waals surface area (Å²) < 4.78 is 4.56. The highest BCUT2D eigenvalue weighted by Crippen LogP contribution is 2.36. The monoisotopic (exact) mass is 238 g/mol. The van der Waals surface area contributed by atoms with Crippen LogP contribution in [0.4, 0.5) is 0 Å². The number of aliphatic hydroxyl groups is 1. The molecule has 0 amide bonds. The molecular formula is C12H14O3S. The minimum Gasteiger partial charge on any atom is -0.467 e. The van der Waals surface area contributed by atoms with E-state index in [0.717, 1.165) is 23.5 Å². The smallest absolute Gasteiger partial charge is 0.339 e. The lowest BCUT2D eigenvalue weighted by Gasteiger charge is -2.20. The average Bonchev–Trinajstić information content (AvgIpc) is 2.36. The molecule has 16 heavy (non-hydrogen) atoms. The molecule has 1 aromatic carbocycles. The molecule has 0 radical (unpaired) electrons. The number of carbonyl (C=O) groups is 1. The van der Waals surface area contributed by atoms with Crippen LogP contribution in [-0.2, 0) is 16.0 Å². The van der Waals surface area contributed by atoms with Gasteiger partial charge in [-0.3, -0.25) is 0 Å². The van der Waals surface area contributed by atoms with Gasteiger partial charge in [-0.15, -0.1) is 11.8 Å². The largest absolute Gasteiger partial charge is 0.467 e. The molecule has 1 unspecified atom stereocenters. The van der Waals surface area contributed by atoms with Gasteiger partial charge in [0.2, 0.25) is 0 Å². The van der Waals surface area contributed by atoms with Crippen molar-refractivity contribution in [2.75, 3.05) is 12.9 Å². The molecule has 1 aliphatic rings. The van der Waals surface area contributed by atoms with Crippen LogP contribution in [-0.4, -0.2) is 23.9 Å². The third kappa shape index (κ3) is 2.08. The summed E-state index contributed by atoms with van der Waals surface area (Å²) in [6.45, 7) is 0. The molecule has 3 nitrogen and oxygen atoms in total. The molecule has 4 heteroatoms. The molecule has 0 fully saturated rings. The van der Waals surface area contributed by atoms with Gasteiger partial charge in [0.25, 0.3) is 0 Å². The number of esters is 1. The fourth-order valence-corrected chi connectivity index (χ4v) is 3.06. The number of aliphatic hydroxyl groups excluding tert-OH is 1. The lowest BCUT2D eigenvalue weighted by molar-refractivity contribution is -0.150. The first-order valence-corrected chi connectivity index (χ1v) is 6.23. The number of fused-ring (bicyclic) bond motifs is 1. The normalized spacial score (nSPS) is 16.4. The molecule has 0 spiro atoms. The number of thioether (sulfide) groups is 1. The first-order chi connectivity index (χ1) is 7.74. The molecule has 1 aliphatic heterocycles. The highest BCUT2D eigenvalue weighted by atomic mass is 32.2. The van der Waals surface area contributed by atoms with Gasteiger partial charge in [-0.25, -0.2) is 4.79 Å². The van der Waals surface area contributed by atoms with Crippen LogP contribution in [0.5, 0.6) is 0 Å². The number of hydrogen-bond acceptors (Lipinski definition) is 4. The fourth-order valence-electron chi connectivity index (χ4n) is 1.87. The van der Waals surface area contributed by atoms with E-state index in [9.17, 15) is 9.90 Å². The summed E-state index contributed by atoms with van der Waals surface area (Å²) in [5.74, 6) is 0.442. The summed E-state index contributed by atoms with van der Waals surface area (Å²) in [5.41, 5.74) is 1.89. The maximum absolute atomic E-state index is 11.3. The van der Waals surface area contributed by atoms with E-state index < -0.39 is 12.1 Å². The van der Waals surface area contributed by atoms with Crippen LogP contribution < -0.4 is 0 Å². The Hall–Kier alpha value is -1.00. The molecule has 0 bridgehead atoms. The number of ether oxygens (including phenoxy) is 1. The van der Waals surface area contributed by atoms with Crippen LogP contribution in [0.1, 0.15) is 23.7 Å². The second-order valence-corrected chi connectivity index (χ2v) is 4.82. The Labute approximate surface area is 98.8 Å². The number of benzene rings is 1. The number of rotatable bonds is 2. The molecule has 2 rings (SSSR count). The lowest BCUT2D eigenvalue weighted by atomic mass is 10.0. The highest BCUT2D eigenvalue weighted by Gasteiger charge is 2.24. The van der Waals surface area contributed by atoms with Crippen molar-refractivity contribution in [2.45, 2.75) is 23.8 Å². The van der Waals surface area contributed by atoms with Gasteiger partial charge in [-0.1, -0.05) is 18.2 Å². The van der Waals surface area contributed by atoms with E-state index in [4.69, 9.17) is 0 Å². The summed E-state index contributed by atoms with van der Waals surface area (Å²) in [7, 11) is 1.29. The third-order valence-electron chi connectivity index (χ3n) is 2.68. The molecule has 1 heterocycles. The van der Waals surface area contributed by atoms with E-state index in [1.165, 1.54) is 12.7 Å². The van der Waals surface area contributed by atoms with Crippen molar-refractivity contribution in [2.24, 2.45) is 0 Å². The minimum atomic E-state index is -1.16. The van der Waals surface area contributed by atoms with Crippen LogP contribution in [0, 0.1) is 0 Å². The van der Waals surface area contributed by atoms with Gasteiger partial charge in [0.05, 0.1) is 7.11 Å². The van der Waals surface area contributed by atoms with Crippen molar-refractivity contribution >= 4 is 17.7 Å². The van der Waals surface area contributed by atoms with Crippen LogP contribution in [0.2, 0.25) is 0 Å². The first-order valence-electron chi connectivity index (χ1n) is 5.24. The molecule has 0 saturated carbocycles. The number of aryl methyl sites for hydroxylation is 1. The highest BCUT2D eigenvalue weighted by molar-refractivity contribution is 7.99. The molecule has 0 aliphatic carbocycles. The summed E-state index contributed by atoms with van der Waals surface area (Å²) in [5, 5.41) is 9.86. The zero-order chi connectivity index (χ0) is 11.5. The van der Waals surface area contributed by atoms with E-state index in [-0.39, 0.29) is 0 Å². The Morgan fingerprint density at radius 2 is 2.38 bits per heavy atom. The predicted molar refractivity (Wildman–Crippen MR) is 62.5 cm³/mol. The summed E-state index contributed by atoms with van der Waals surface area (Å²) >= 11 is 1.70. The van der Waals surface area contributed by atoms with E-state index in [0.29, 0.717) is 5.56 Å². The Bertz CT molecular complexity index is 403. The van der Waals surface area contributed by atoms with Gasteiger partial charge >= 0.3 is 5.97 Å². The second-order valence-electron chi connectivity index (χ2n) is 3.71. The molecule has 86 valence electrons. The van der Waals surface area contributed by atoms with E-state index in [1.54, 1.807) is 17.8 Å². The molecule has 0 saturated heterocycles. The number of carbonyl (C=O) groups excluding carboxylic acids is 1. The van der Waals surface area contributed by atoms with Crippen molar-refractivity contribution in [3.05, 3.63) is 29.3 Å². The first kappa shape index (κ1) is 11.5. The maximum atomic E-state index is 11.3. The Morgan fingerprint density at radius 3 is 3.12 bits per heavy atom. The van der Waals surface area contributed by atoms with Gasteiger partial charge in [0.15, 0.2) is 6.10 Å². The zero-order valence-electron chi connectivity index (χ0n) is 9.10. The van der Waals surface area contributed by atoms with Gasteiger partial charge in [0.1, 0.15) is 0 Å². The zero-order valence-corrected chi connectivity index (χ0v) is 9.92. The summed E-state index contributed by atoms with van der Waals surface area (Å²) in [6.07, 6.45) is 1.00. The van der Waals surface area contributed by atoms with Crippen molar-refractivity contribution in [3.63, 3.8) is 0 Å². The van der Waals surface area contributed by atoms with Gasteiger partial charge in [-0.2, -0.15) is 0 Å². The topological polar surface area (TPSA) is 46.5 Å². The number of methoxy groups -OCH3 is 1. The van der Waals surface area contributed by atoms with E-state index in [1.807, 2.05) is 6.07 Å². The number of hydrogen-bond donors (Lipinski definition) is 1. The third-order valence-corrected chi connectivity index (χ3v) is 3.96. The summed E-state index contributed by atoms with van der Waals surface area (Å²) in [6, 6.07) is 5.72. The van der Waals surface area contributed by atoms with Crippen LogP contribution >= 0.6 is 11.8 Å². The minimum absolute atomic E-state index is 0.598. The molecule has 1 atom stereocenters. The fraction of sp³-hybridized carbons (Fsp3) is 0.417. The van der Waals surface area contributed by atoms with E-state index in [2.05, 4.69) is 10.8 Å². The predicted octanol–water partition coefficient (Wildman–Crippen LogP) is 1.93. The molecular weight excluding hydrogens is 224 g/mol. The van der Waals surface area contributed by atoms with Crippen LogP contribution in [0.25, 0.3) is 0 Å². The SMILES string of the molecule is COC(=O)C(O)c1cccc2c1SCCC2. The quantitative estimate of drug-likeness (QED) is 0.800. The maximum Gasteiger partial charge on any atom is 0.339 e. The van der Waals surface area contributed by atoms with Crippen LogP contribution in [0.3, 0.4) is 0 Å². The second kappa shape index (κ2) is 4.89. The van der Waals surface area contributed by atoms with Crippen molar-refractivity contribution in [3.8, 4) is 0 Å². The van der Waals surface area contributed by atoms with Gasteiger partial charge < -0.3 is 9.84 Å². The Kier molecular flexibility index (Phi) is 3.51. The molecule has 1 aromatic rings.